The van der Waals surface area contributed by atoms with Crippen molar-refractivity contribution in [3.8, 4) is 0 Å². The summed E-state index contributed by atoms with van der Waals surface area (Å²) in [5, 5.41) is 5.10. The predicted octanol–water partition coefficient (Wildman–Crippen LogP) is 0.410. The van der Waals surface area contributed by atoms with Crippen molar-refractivity contribution in [3.05, 3.63) is 23.0 Å². The molecule has 1 N–H and O–H groups in total. The fraction of sp³-hybridized carbons (Fsp3) is 0.286. The van der Waals surface area contributed by atoms with E-state index in [1.165, 1.54) is 0 Å². The van der Waals surface area contributed by atoms with E-state index in [1.807, 2.05) is 12.1 Å². The van der Waals surface area contributed by atoms with E-state index in [-0.39, 0.29) is 5.91 Å². The van der Waals surface area contributed by atoms with Gasteiger partial charge in [-0.15, -0.1) is 0 Å². The van der Waals surface area contributed by atoms with Crippen LogP contribution in [-0.2, 0) is 0 Å². The largest absolute Gasteiger partial charge is 0.332 e. The van der Waals surface area contributed by atoms with E-state index in [1.54, 1.807) is 16.8 Å². The number of hydrogen-bond donors (Lipinski definition) is 1. The molecule has 0 saturated heterocycles. The Hall–Kier alpha value is -1.16. The summed E-state index contributed by atoms with van der Waals surface area (Å²) in [7, 11) is 1.86. The number of carbonyl (C=O) groups is 1. The maximum atomic E-state index is 11.2. The Morgan fingerprint density at radius 1 is 1.58 bits per heavy atom. The first-order valence-electron chi connectivity index (χ1n) is 3.57. The zero-order valence-corrected chi connectivity index (χ0v) is 7.30. The average Bonchev–Trinajstić information content (AvgIpc) is 2.42. The van der Waals surface area contributed by atoms with E-state index >= 15 is 0 Å². The van der Waals surface area contributed by atoms with Crippen molar-refractivity contribution < 1.29 is 4.79 Å². The average molecular weight is 186 g/mol. The lowest BCUT2D eigenvalue weighted by Crippen LogP contribution is -2.48. The minimum atomic E-state index is -0.0833. The second-order valence-corrected chi connectivity index (χ2v) is 3.06. The number of hydrogen-bond acceptors (Lipinski definition) is 2. The van der Waals surface area contributed by atoms with Crippen molar-refractivity contribution in [1.82, 2.24) is 9.99 Å². The van der Waals surface area contributed by atoms with E-state index in [0.717, 1.165) is 0 Å². The monoisotopic (exact) mass is 185 g/mol. The van der Waals surface area contributed by atoms with Gasteiger partial charge in [-0.2, -0.15) is 0 Å². The van der Waals surface area contributed by atoms with Gasteiger partial charge in [-0.05, 0) is 12.1 Å². The van der Waals surface area contributed by atoms with Crippen molar-refractivity contribution in [2.75, 3.05) is 18.7 Å². The van der Waals surface area contributed by atoms with Crippen molar-refractivity contribution in [2.24, 2.45) is 0 Å². The van der Waals surface area contributed by atoms with Gasteiger partial charge in [0.1, 0.15) is 17.5 Å². The van der Waals surface area contributed by atoms with Crippen LogP contribution in [0.3, 0.4) is 0 Å². The zero-order chi connectivity index (χ0) is 8.72. The molecule has 1 aromatic heterocycles. The summed E-state index contributed by atoms with van der Waals surface area (Å²) in [4.78, 5) is 11.2. The molecule has 5 heteroatoms. The molecule has 0 saturated carbocycles. The third kappa shape index (κ3) is 0.881. The van der Waals surface area contributed by atoms with Crippen molar-refractivity contribution in [1.29, 1.82) is 0 Å². The van der Waals surface area contributed by atoms with Crippen LogP contribution in [0.2, 0.25) is 5.15 Å². The summed E-state index contributed by atoms with van der Waals surface area (Å²) in [6.45, 7) is 0.486. The summed E-state index contributed by atoms with van der Waals surface area (Å²) in [5.41, 5.74) is 0.578. The summed E-state index contributed by atoms with van der Waals surface area (Å²) in [6.07, 6.45) is 0. The molecular weight excluding hydrogens is 178 g/mol. The molecule has 0 bridgehead atoms. The Kier molecular flexibility index (Phi) is 1.51. The van der Waals surface area contributed by atoms with Crippen molar-refractivity contribution in [2.45, 2.75) is 0 Å². The number of fused-ring (bicyclic) bond motifs is 1. The molecule has 64 valence electrons. The first kappa shape index (κ1) is 7.49. The van der Waals surface area contributed by atoms with Crippen LogP contribution in [0.25, 0.3) is 0 Å². The highest BCUT2D eigenvalue weighted by atomic mass is 35.5. The van der Waals surface area contributed by atoms with Crippen LogP contribution >= 0.6 is 11.6 Å². The number of aromatic nitrogens is 1. The highest BCUT2D eigenvalue weighted by molar-refractivity contribution is 6.30. The van der Waals surface area contributed by atoms with Crippen LogP contribution in [0.1, 0.15) is 10.5 Å². The smallest absolute Gasteiger partial charge is 0.271 e. The molecule has 1 aliphatic heterocycles. The van der Waals surface area contributed by atoms with Crippen LogP contribution in [0, 0.1) is 0 Å². The summed E-state index contributed by atoms with van der Waals surface area (Å²) >= 11 is 5.86. The molecule has 0 aromatic carbocycles. The van der Waals surface area contributed by atoms with E-state index in [9.17, 15) is 4.79 Å². The molecule has 12 heavy (non-hydrogen) atoms. The van der Waals surface area contributed by atoms with Gasteiger partial charge in [-0.3, -0.25) is 9.80 Å². The van der Waals surface area contributed by atoms with E-state index in [2.05, 4.69) is 5.32 Å². The van der Waals surface area contributed by atoms with Gasteiger partial charge in [-0.25, -0.2) is 4.68 Å². The number of nitrogens with one attached hydrogen (secondary N) is 1. The molecule has 1 amide bonds. The quantitative estimate of drug-likeness (QED) is 0.636. The maximum absolute atomic E-state index is 11.2. The van der Waals surface area contributed by atoms with E-state index < -0.39 is 0 Å². The molecule has 2 rings (SSSR count). The third-order valence-electron chi connectivity index (χ3n) is 1.85. The van der Waals surface area contributed by atoms with Gasteiger partial charge in [0, 0.05) is 7.05 Å². The molecule has 0 fully saturated rings. The van der Waals surface area contributed by atoms with Gasteiger partial charge in [0.25, 0.3) is 5.91 Å². The molecular formula is C7H8ClN3O. The van der Waals surface area contributed by atoms with Crippen LogP contribution in [0.15, 0.2) is 12.1 Å². The van der Waals surface area contributed by atoms with Crippen LogP contribution in [0.5, 0.6) is 0 Å². The highest BCUT2D eigenvalue weighted by Gasteiger charge is 2.21. The van der Waals surface area contributed by atoms with Gasteiger partial charge in [0.2, 0.25) is 0 Å². The second kappa shape index (κ2) is 2.42. The topological polar surface area (TPSA) is 37.3 Å². The second-order valence-electron chi connectivity index (χ2n) is 2.67. The third-order valence-corrected chi connectivity index (χ3v) is 2.14. The molecule has 2 heterocycles. The molecule has 1 aromatic rings. The first-order valence-corrected chi connectivity index (χ1v) is 3.95. The zero-order valence-electron chi connectivity index (χ0n) is 6.54. The lowest BCUT2D eigenvalue weighted by molar-refractivity contribution is 0.0926. The number of rotatable bonds is 0. The molecule has 4 nitrogen and oxygen atoms in total. The normalized spacial score (nSPS) is 15.8. The van der Waals surface area contributed by atoms with Gasteiger partial charge < -0.3 is 5.32 Å². The fourth-order valence-corrected chi connectivity index (χ4v) is 1.55. The Labute approximate surface area is 74.7 Å². The Morgan fingerprint density at radius 3 is 3.00 bits per heavy atom. The Morgan fingerprint density at radius 2 is 2.33 bits per heavy atom. The predicted molar refractivity (Wildman–Crippen MR) is 45.9 cm³/mol. The highest BCUT2D eigenvalue weighted by Crippen LogP contribution is 2.16. The maximum Gasteiger partial charge on any atom is 0.271 e. The molecule has 1 aliphatic rings. The Bertz CT molecular complexity index is 333. The lowest BCUT2D eigenvalue weighted by atomic mass is 10.4. The molecule has 0 atom stereocenters. The molecule has 0 unspecified atom stereocenters. The standard InChI is InChI=1S/C7H8ClN3O/c1-10-4-9-7(12)5-2-3-6(8)11(5)10/h2-3H,4H2,1H3,(H,9,12). The van der Waals surface area contributed by atoms with Crippen LogP contribution in [-0.4, -0.2) is 24.3 Å². The number of halogens is 1. The van der Waals surface area contributed by atoms with Gasteiger partial charge >= 0.3 is 0 Å². The van der Waals surface area contributed by atoms with Crippen LogP contribution < -0.4 is 10.3 Å². The SMILES string of the molecule is CN1CNC(=O)c2ccc(Cl)n21. The Balaban J connectivity index is 2.57. The van der Waals surface area contributed by atoms with Crippen molar-refractivity contribution >= 4 is 17.5 Å². The van der Waals surface area contributed by atoms with E-state index in [0.29, 0.717) is 17.5 Å². The molecule has 0 spiro atoms. The fourth-order valence-electron chi connectivity index (χ4n) is 1.27. The number of amides is 1. The molecule has 0 radical (unpaired) electrons. The minimum Gasteiger partial charge on any atom is -0.332 e. The van der Waals surface area contributed by atoms with Gasteiger partial charge in [-0.1, -0.05) is 11.6 Å². The number of carbonyl (C=O) groups excluding carboxylic acids is 1. The summed E-state index contributed by atoms with van der Waals surface area (Å²) in [6, 6.07) is 3.41. The van der Waals surface area contributed by atoms with Gasteiger partial charge in [0.05, 0.1) is 0 Å². The lowest BCUT2D eigenvalue weighted by Gasteiger charge is -2.28. The summed E-state index contributed by atoms with van der Waals surface area (Å²) in [5.74, 6) is -0.0833. The first-order chi connectivity index (χ1) is 5.70. The van der Waals surface area contributed by atoms with Crippen LogP contribution in [0.4, 0.5) is 0 Å². The summed E-state index contributed by atoms with van der Waals surface area (Å²) < 4.78 is 1.68. The number of nitrogens with zero attached hydrogens (tertiary/aromatic N) is 2. The minimum absolute atomic E-state index is 0.0833. The molecule has 0 aliphatic carbocycles. The van der Waals surface area contributed by atoms with Crippen molar-refractivity contribution in [3.63, 3.8) is 0 Å². The van der Waals surface area contributed by atoms with E-state index in [4.69, 9.17) is 11.6 Å². The van der Waals surface area contributed by atoms with Gasteiger partial charge in [0.15, 0.2) is 0 Å².